The molecule has 110 valence electrons. The van der Waals surface area contributed by atoms with Crippen molar-refractivity contribution in [2.24, 2.45) is 0 Å². The molecule has 1 aromatic heterocycles. The Balaban J connectivity index is 2.05. The highest BCUT2D eigenvalue weighted by atomic mass is 32.1. The zero-order valence-electron chi connectivity index (χ0n) is 12.1. The summed E-state index contributed by atoms with van der Waals surface area (Å²) in [6, 6.07) is 10.6. The number of thiazole rings is 1. The van der Waals surface area contributed by atoms with Crippen molar-refractivity contribution in [3.05, 3.63) is 51.5 Å². The Labute approximate surface area is 128 Å². The Kier molecular flexibility index (Phi) is 3.81. The van der Waals surface area contributed by atoms with Gasteiger partial charge in [-0.15, -0.1) is 11.3 Å². The van der Waals surface area contributed by atoms with Crippen LogP contribution in [0.5, 0.6) is 0 Å². The fourth-order valence-electron chi connectivity index (χ4n) is 3.30. The SMILES string of the molecule is Cc1nc(C2(c3ccccc3)CCCC2)sc1CC(=O)O. The minimum Gasteiger partial charge on any atom is -0.481 e. The standard InChI is InChI=1S/C17H19NO2S/c1-12-14(11-15(19)20)21-16(18-12)17(9-5-6-10-17)13-7-3-2-4-8-13/h2-4,7-8H,5-6,9-11H2,1H3,(H,19,20). The predicted octanol–water partition coefficient (Wildman–Crippen LogP) is 3.94. The third-order valence-electron chi connectivity index (χ3n) is 4.40. The van der Waals surface area contributed by atoms with E-state index in [0.717, 1.165) is 28.4 Å². The molecule has 21 heavy (non-hydrogen) atoms. The van der Waals surface area contributed by atoms with Crippen molar-refractivity contribution < 1.29 is 9.90 Å². The minimum atomic E-state index is -0.784. The Morgan fingerprint density at radius 3 is 2.57 bits per heavy atom. The molecule has 0 radical (unpaired) electrons. The van der Waals surface area contributed by atoms with Gasteiger partial charge in [-0.05, 0) is 25.3 Å². The minimum absolute atomic E-state index is 0.00651. The summed E-state index contributed by atoms with van der Waals surface area (Å²) in [5.74, 6) is -0.784. The number of aliphatic carboxylic acids is 1. The van der Waals surface area contributed by atoms with E-state index in [1.165, 1.54) is 18.4 Å². The second kappa shape index (κ2) is 5.60. The summed E-state index contributed by atoms with van der Waals surface area (Å²) in [7, 11) is 0. The molecule has 2 aromatic rings. The molecule has 1 saturated carbocycles. The average Bonchev–Trinajstić information content (AvgIpc) is 3.08. The highest BCUT2D eigenvalue weighted by molar-refractivity contribution is 7.12. The van der Waals surface area contributed by atoms with Gasteiger partial charge in [0.2, 0.25) is 0 Å². The number of aromatic nitrogens is 1. The highest BCUT2D eigenvalue weighted by Gasteiger charge is 2.40. The van der Waals surface area contributed by atoms with Gasteiger partial charge in [0.15, 0.2) is 0 Å². The molecule has 1 aliphatic rings. The first-order chi connectivity index (χ1) is 10.1. The monoisotopic (exact) mass is 301 g/mol. The molecular weight excluding hydrogens is 282 g/mol. The Morgan fingerprint density at radius 2 is 1.95 bits per heavy atom. The first kappa shape index (κ1) is 14.3. The summed E-state index contributed by atoms with van der Waals surface area (Å²) in [5.41, 5.74) is 2.19. The van der Waals surface area contributed by atoms with E-state index < -0.39 is 5.97 Å². The van der Waals surface area contributed by atoms with Gasteiger partial charge in [-0.25, -0.2) is 4.98 Å². The molecule has 3 rings (SSSR count). The first-order valence-electron chi connectivity index (χ1n) is 7.36. The van der Waals surface area contributed by atoms with E-state index in [2.05, 4.69) is 24.3 Å². The van der Waals surface area contributed by atoms with E-state index in [1.54, 1.807) is 11.3 Å². The molecule has 0 aliphatic heterocycles. The van der Waals surface area contributed by atoms with Gasteiger partial charge in [-0.3, -0.25) is 4.79 Å². The topological polar surface area (TPSA) is 50.2 Å². The Bertz CT molecular complexity index is 642. The smallest absolute Gasteiger partial charge is 0.308 e. The lowest BCUT2D eigenvalue weighted by Crippen LogP contribution is -2.23. The predicted molar refractivity (Wildman–Crippen MR) is 83.9 cm³/mol. The van der Waals surface area contributed by atoms with Crippen LogP contribution in [0.15, 0.2) is 30.3 Å². The van der Waals surface area contributed by atoms with Crippen LogP contribution in [-0.4, -0.2) is 16.1 Å². The Hall–Kier alpha value is -1.68. The van der Waals surface area contributed by atoms with Gasteiger partial charge in [-0.1, -0.05) is 43.2 Å². The van der Waals surface area contributed by atoms with Crippen LogP contribution >= 0.6 is 11.3 Å². The van der Waals surface area contributed by atoms with Crippen molar-refractivity contribution in [1.29, 1.82) is 0 Å². The second-order valence-corrected chi connectivity index (χ2v) is 6.84. The number of benzene rings is 1. The maximum absolute atomic E-state index is 11.0. The van der Waals surface area contributed by atoms with Crippen LogP contribution in [0.1, 0.15) is 46.8 Å². The van der Waals surface area contributed by atoms with Crippen molar-refractivity contribution >= 4 is 17.3 Å². The highest BCUT2D eigenvalue weighted by Crippen LogP contribution is 2.48. The quantitative estimate of drug-likeness (QED) is 0.930. The summed E-state index contributed by atoms with van der Waals surface area (Å²) < 4.78 is 0. The number of hydrogen-bond donors (Lipinski definition) is 1. The van der Waals surface area contributed by atoms with Crippen molar-refractivity contribution in [3.63, 3.8) is 0 Å². The molecule has 4 heteroatoms. The zero-order valence-corrected chi connectivity index (χ0v) is 12.9. The lowest BCUT2D eigenvalue weighted by molar-refractivity contribution is -0.136. The number of carbonyl (C=O) groups is 1. The molecule has 0 unspecified atom stereocenters. The van der Waals surface area contributed by atoms with Gasteiger partial charge in [0.05, 0.1) is 12.1 Å². The normalized spacial score (nSPS) is 17.0. The fraction of sp³-hybridized carbons (Fsp3) is 0.412. The van der Waals surface area contributed by atoms with E-state index in [0.29, 0.717) is 0 Å². The molecule has 0 atom stereocenters. The van der Waals surface area contributed by atoms with Crippen molar-refractivity contribution in [1.82, 2.24) is 4.98 Å². The van der Waals surface area contributed by atoms with Gasteiger partial charge in [0, 0.05) is 10.3 Å². The molecule has 0 bridgehead atoms. The van der Waals surface area contributed by atoms with Crippen LogP contribution in [-0.2, 0) is 16.6 Å². The van der Waals surface area contributed by atoms with Gasteiger partial charge >= 0.3 is 5.97 Å². The maximum Gasteiger partial charge on any atom is 0.308 e. The molecule has 3 nitrogen and oxygen atoms in total. The number of nitrogens with zero attached hydrogens (tertiary/aromatic N) is 1. The van der Waals surface area contributed by atoms with Gasteiger partial charge in [-0.2, -0.15) is 0 Å². The largest absolute Gasteiger partial charge is 0.481 e. The molecule has 1 N–H and O–H groups in total. The lowest BCUT2D eigenvalue weighted by atomic mass is 9.79. The summed E-state index contributed by atoms with van der Waals surface area (Å²) in [6.07, 6.45) is 4.71. The number of aryl methyl sites for hydroxylation is 1. The molecule has 1 aromatic carbocycles. The summed E-state index contributed by atoms with van der Waals surface area (Å²) in [6.45, 7) is 1.92. The van der Waals surface area contributed by atoms with Crippen LogP contribution in [0, 0.1) is 6.92 Å². The zero-order chi connectivity index (χ0) is 14.9. The van der Waals surface area contributed by atoms with Crippen LogP contribution < -0.4 is 0 Å². The number of rotatable bonds is 4. The molecule has 1 aliphatic carbocycles. The van der Waals surface area contributed by atoms with Gasteiger partial charge in [0.25, 0.3) is 0 Å². The maximum atomic E-state index is 11.0. The third-order valence-corrected chi connectivity index (χ3v) is 5.76. The van der Waals surface area contributed by atoms with Gasteiger partial charge < -0.3 is 5.11 Å². The van der Waals surface area contributed by atoms with E-state index in [-0.39, 0.29) is 11.8 Å². The van der Waals surface area contributed by atoms with Crippen LogP contribution in [0.3, 0.4) is 0 Å². The summed E-state index contributed by atoms with van der Waals surface area (Å²) in [5, 5.41) is 10.1. The van der Waals surface area contributed by atoms with E-state index in [4.69, 9.17) is 10.1 Å². The van der Waals surface area contributed by atoms with Crippen molar-refractivity contribution in [2.45, 2.75) is 44.4 Å². The van der Waals surface area contributed by atoms with Crippen LogP contribution in [0.4, 0.5) is 0 Å². The molecule has 0 spiro atoms. The molecule has 1 heterocycles. The van der Waals surface area contributed by atoms with Crippen molar-refractivity contribution in [3.8, 4) is 0 Å². The lowest BCUT2D eigenvalue weighted by Gasteiger charge is -2.27. The van der Waals surface area contributed by atoms with Crippen molar-refractivity contribution in [2.75, 3.05) is 0 Å². The third kappa shape index (κ3) is 2.60. The van der Waals surface area contributed by atoms with Crippen LogP contribution in [0.2, 0.25) is 0 Å². The Morgan fingerprint density at radius 1 is 1.29 bits per heavy atom. The summed E-state index contributed by atoms with van der Waals surface area (Å²) in [4.78, 5) is 16.6. The average molecular weight is 301 g/mol. The van der Waals surface area contributed by atoms with Gasteiger partial charge in [0.1, 0.15) is 5.01 Å². The van der Waals surface area contributed by atoms with E-state index in [9.17, 15) is 4.79 Å². The van der Waals surface area contributed by atoms with E-state index >= 15 is 0 Å². The molecule has 0 amide bonds. The first-order valence-corrected chi connectivity index (χ1v) is 8.17. The van der Waals surface area contributed by atoms with E-state index in [1.807, 2.05) is 13.0 Å². The number of carboxylic acid groups (broad SMARTS) is 1. The molecule has 0 saturated heterocycles. The molecular formula is C17H19NO2S. The second-order valence-electron chi connectivity index (χ2n) is 5.75. The number of carboxylic acids is 1. The fourth-order valence-corrected chi connectivity index (χ4v) is 4.62. The summed E-state index contributed by atoms with van der Waals surface area (Å²) >= 11 is 1.59. The molecule has 1 fully saturated rings. The van der Waals surface area contributed by atoms with Crippen LogP contribution in [0.25, 0.3) is 0 Å². The number of hydrogen-bond acceptors (Lipinski definition) is 3.